The molecule has 2 aliphatic carbocycles. The van der Waals surface area contributed by atoms with Crippen molar-refractivity contribution < 1.29 is 28.7 Å². The molecule has 8 heteroatoms. The van der Waals surface area contributed by atoms with Crippen LogP contribution in [0.4, 0.5) is 11.4 Å². The van der Waals surface area contributed by atoms with Crippen LogP contribution >= 0.6 is 0 Å². The van der Waals surface area contributed by atoms with E-state index in [1.54, 1.807) is 36.4 Å². The molecule has 5 atom stereocenters. The maximum Gasteiger partial charge on any atom is 0.338 e. The summed E-state index contributed by atoms with van der Waals surface area (Å²) in [5.41, 5.74) is 2.39. The van der Waals surface area contributed by atoms with Gasteiger partial charge in [0.05, 0.1) is 35.4 Å². The molecule has 1 aliphatic heterocycles. The predicted molar refractivity (Wildman–Crippen MR) is 148 cm³/mol. The highest BCUT2D eigenvalue weighted by atomic mass is 16.5. The Bertz CT molecular complexity index is 1450. The van der Waals surface area contributed by atoms with Crippen LogP contribution in [0.15, 0.2) is 78.9 Å². The monoisotopic (exact) mass is 538 g/mol. The molecule has 2 saturated carbocycles. The molecule has 0 aromatic heterocycles. The van der Waals surface area contributed by atoms with Gasteiger partial charge in [-0.1, -0.05) is 42.5 Å². The van der Waals surface area contributed by atoms with Gasteiger partial charge in [0, 0.05) is 0 Å². The first-order valence-corrected chi connectivity index (χ1v) is 13.7. The van der Waals surface area contributed by atoms with Crippen LogP contribution in [0.3, 0.4) is 0 Å². The number of hydrogen-bond acceptors (Lipinski definition) is 6. The molecule has 0 unspecified atom stereocenters. The van der Waals surface area contributed by atoms with Crippen molar-refractivity contribution in [3.63, 3.8) is 0 Å². The van der Waals surface area contributed by atoms with Crippen LogP contribution in [0.5, 0.6) is 5.75 Å². The molecule has 3 aliphatic rings. The fraction of sp³-hybridized carbons (Fsp3) is 0.312. The van der Waals surface area contributed by atoms with Gasteiger partial charge in [-0.05, 0) is 79.5 Å². The van der Waals surface area contributed by atoms with E-state index in [-0.39, 0.29) is 41.0 Å². The number of nitrogens with one attached hydrogen (secondary N) is 1. The second kappa shape index (κ2) is 10.6. The van der Waals surface area contributed by atoms with Crippen molar-refractivity contribution in [3.05, 3.63) is 90.0 Å². The maximum absolute atomic E-state index is 13.5. The highest BCUT2D eigenvalue weighted by molar-refractivity contribution is 6.22. The van der Waals surface area contributed by atoms with Crippen LogP contribution in [0.25, 0.3) is 0 Å². The smallest absolute Gasteiger partial charge is 0.338 e. The SMILES string of the molecule is CCOc1ccccc1NC(=O)COC(=O)c1ccc(N2C(=O)[C@@H]3[C@@H]4C[C@@H]([C@@H]3C2=O)[C@@H](c2ccccc2)C4)cc1. The van der Waals surface area contributed by atoms with Crippen molar-refractivity contribution in [2.45, 2.75) is 25.7 Å². The number of rotatable bonds is 8. The number of fused-ring (bicyclic) bond motifs is 5. The lowest BCUT2D eigenvalue weighted by atomic mass is 9.73. The number of carbonyl (C=O) groups is 4. The molecule has 1 N–H and O–H groups in total. The summed E-state index contributed by atoms with van der Waals surface area (Å²) in [6.45, 7) is 1.82. The van der Waals surface area contributed by atoms with E-state index in [4.69, 9.17) is 9.47 Å². The number of anilines is 2. The number of imide groups is 1. The maximum atomic E-state index is 13.5. The van der Waals surface area contributed by atoms with Crippen molar-refractivity contribution in [2.75, 3.05) is 23.4 Å². The summed E-state index contributed by atoms with van der Waals surface area (Å²) < 4.78 is 10.7. The number of amides is 3. The molecule has 40 heavy (non-hydrogen) atoms. The zero-order valence-electron chi connectivity index (χ0n) is 22.1. The van der Waals surface area contributed by atoms with Gasteiger partial charge in [0.25, 0.3) is 5.91 Å². The summed E-state index contributed by atoms with van der Waals surface area (Å²) in [5, 5.41) is 2.68. The van der Waals surface area contributed by atoms with Gasteiger partial charge in [0.1, 0.15) is 5.75 Å². The van der Waals surface area contributed by atoms with Gasteiger partial charge in [-0.25, -0.2) is 4.79 Å². The Balaban J connectivity index is 1.09. The zero-order valence-corrected chi connectivity index (χ0v) is 22.1. The fourth-order valence-corrected chi connectivity index (χ4v) is 6.80. The van der Waals surface area contributed by atoms with Crippen molar-refractivity contribution >= 4 is 35.1 Å². The quantitative estimate of drug-likeness (QED) is 0.326. The average molecular weight is 539 g/mol. The normalized spacial score (nSPS) is 24.6. The Hall–Kier alpha value is -4.46. The minimum absolute atomic E-state index is 0.145. The fourth-order valence-electron chi connectivity index (χ4n) is 6.80. The zero-order chi connectivity index (χ0) is 27.8. The molecule has 204 valence electrons. The van der Waals surface area contributed by atoms with Crippen LogP contribution in [0.2, 0.25) is 0 Å². The largest absolute Gasteiger partial charge is 0.492 e. The molecule has 0 spiro atoms. The third kappa shape index (κ3) is 4.53. The molecular weight excluding hydrogens is 508 g/mol. The summed E-state index contributed by atoms with van der Waals surface area (Å²) in [6, 6.07) is 23.4. The molecule has 3 fully saturated rings. The van der Waals surface area contributed by atoms with Gasteiger partial charge >= 0.3 is 5.97 Å². The van der Waals surface area contributed by atoms with Crippen LogP contribution in [0, 0.1) is 23.7 Å². The number of carbonyl (C=O) groups excluding carboxylic acids is 4. The molecule has 2 bridgehead atoms. The number of hydrogen-bond donors (Lipinski definition) is 1. The number of ether oxygens (including phenoxy) is 2. The highest BCUT2D eigenvalue weighted by Crippen LogP contribution is 2.61. The molecule has 0 radical (unpaired) electrons. The van der Waals surface area contributed by atoms with E-state index in [9.17, 15) is 19.2 Å². The first-order valence-electron chi connectivity index (χ1n) is 13.7. The third-order valence-electron chi connectivity index (χ3n) is 8.40. The minimum atomic E-state index is -0.681. The first-order chi connectivity index (χ1) is 19.5. The lowest BCUT2D eigenvalue weighted by molar-refractivity contribution is -0.123. The lowest BCUT2D eigenvalue weighted by Crippen LogP contribution is -2.33. The number of nitrogens with zero attached hydrogens (tertiary/aromatic N) is 1. The second-order valence-corrected chi connectivity index (χ2v) is 10.6. The van der Waals surface area contributed by atoms with Gasteiger partial charge in [0.2, 0.25) is 11.8 Å². The summed E-state index contributed by atoms with van der Waals surface area (Å²) in [4.78, 5) is 53.2. The number of esters is 1. The van der Waals surface area contributed by atoms with Crippen LogP contribution < -0.4 is 15.0 Å². The minimum Gasteiger partial charge on any atom is -0.492 e. The van der Waals surface area contributed by atoms with E-state index in [1.165, 1.54) is 22.6 Å². The predicted octanol–water partition coefficient (Wildman–Crippen LogP) is 4.81. The Kier molecular flexibility index (Phi) is 6.84. The summed E-state index contributed by atoms with van der Waals surface area (Å²) in [7, 11) is 0. The van der Waals surface area contributed by atoms with Crippen LogP contribution in [-0.4, -0.2) is 36.9 Å². The van der Waals surface area contributed by atoms with Gasteiger partial charge in [-0.3, -0.25) is 19.3 Å². The van der Waals surface area contributed by atoms with E-state index in [1.807, 2.05) is 25.1 Å². The van der Waals surface area contributed by atoms with Crippen molar-refractivity contribution in [2.24, 2.45) is 23.7 Å². The van der Waals surface area contributed by atoms with E-state index in [2.05, 4.69) is 17.4 Å². The number of benzene rings is 3. The summed E-state index contributed by atoms with van der Waals surface area (Å²) in [5.74, 6) is -0.843. The van der Waals surface area contributed by atoms with Gasteiger partial charge < -0.3 is 14.8 Å². The van der Waals surface area contributed by atoms with Crippen LogP contribution in [-0.2, 0) is 19.1 Å². The molecule has 1 saturated heterocycles. The standard InChI is InChI=1S/C32H30N2O6/c1-2-39-26-11-7-6-10-25(26)33-27(35)18-40-32(38)20-12-14-22(15-13-20)34-30(36)28-21-16-23(19-8-4-3-5-9-19)24(17-21)29(28)31(34)37/h3-15,21,23-24,28-29H,2,16-18H2,1H3,(H,33,35)/t21-,23+,24+,28+,29-/m0/s1. The molecule has 1 heterocycles. The van der Waals surface area contributed by atoms with Crippen molar-refractivity contribution in [1.29, 1.82) is 0 Å². The molecule has 3 aromatic rings. The van der Waals surface area contributed by atoms with E-state index in [0.29, 0.717) is 29.6 Å². The highest BCUT2D eigenvalue weighted by Gasteiger charge is 2.64. The average Bonchev–Trinajstić information content (AvgIpc) is 3.64. The van der Waals surface area contributed by atoms with Gasteiger partial charge in [-0.2, -0.15) is 0 Å². The molecular formula is C32H30N2O6. The molecule has 6 rings (SSSR count). The number of para-hydroxylation sites is 2. The summed E-state index contributed by atoms with van der Waals surface area (Å²) in [6.07, 6.45) is 1.84. The third-order valence-corrected chi connectivity index (χ3v) is 8.40. The second-order valence-electron chi connectivity index (χ2n) is 10.6. The van der Waals surface area contributed by atoms with Crippen molar-refractivity contribution in [3.8, 4) is 5.75 Å². The molecule has 3 aromatic carbocycles. The van der Waals surface area contributed by atoms with E-state index < -0.39 is 18.5 Å². The van der Waals surface area contributed by atoms with E-state index in [0.717, 1.165) is 12.8 Å². The topological polar surface area (TPSA) is 102 Å². The van der Waals surface area contributed by atoms with Crippen molar-refractivity contribution in [1.82, 2.24) is 0 Å². The Morgan fingerprint density at radius 2 is 1.57 bits per heavy atom. The summed E-state index contributed by atoms with van der Waals surface area (Å²) >= 11 is 0. The van der Waals surface area contributed by atoms with Crippen LogP contribution in [0.1, 0.15) is 41.6 Å². The van der Waals surface area contributed by atoms with E-state index >= 15 is 0 Å². The first kappa shape index (κ1) is 25.8. The Labute approximate surface area is 232 Å². The van der Waals surface area contributed by atoms with Gasteiger partial charge in [-0.15, -0.1) is 0 Å². The molecule has 8 nitrogen and oxygen atoms in total. The Morgan fingerprint density at radius 1 is 0.875 bits per heavy atom. The molecule has 3 amide bonds. The lowest BCUT2D eigenvalue weighted by Gasteiger charge is -2.28. The van der Waals surface area contributed by atoms with Gasteiger partial charge in [0.15, 0.2) is 6.61 Å². The Morgan fingerprint density at radius 3 is 2.33 bits per heavy atom.